The molecule has 0 spiro atoms. The molecular formula is C22H18OS. The molecule has 0 saturated carbocycles. The fourth-order valence-corrected chi connectivity index (χ4v) is 4.09. The van der Waals surface area contributed by atoms with Gasteiger partial charge in [0, 0.05) is 11.3 Å². The molecule has 118 valence electrons. The first-order valence-corrected chi connectivity index (χ1v) is 9.14. The van der Waals surface area contributed by atoms with Gasteiger partial charge in [-0.1, -0.05) is 72.8 Å². The third-order valence-electron chi connectivity index (χ3n) is 4.09. The first kappa shape index (κ1) is 15.1. The van der Waals surface area contributed by atoms with Crippen LogP contribution in [0.4, 0.5) is 0 Å². The van der Waals surface area contributed by atoms with Crippen LogP contribution in [0, 0.1) is 0 Å². The summed E-state index contributed by atoms with van der Waals surface area (Å²) in [5.41, 5.74) is 3.81. The average molecular weight is 330 g/mol. The molecule has 0 amide bonds. The molecule has 24 heavy (non-hydrogen) atoms. The molecule has 0 unspecified atom stereocenters. The summed E-state index contributed by atoms with van der Waals surface area (Å²) >= 11 is 1.88. The zero-order chi connectivity index (χ0) is 16.2. The molecule has 0 aliphatic carbocycles. The lowest BCUT2D eigenvalue weighted by Gasteiger charge is -2.22. The monoisotopic (exact) mass is 330 g/mol. The smallest absolute Gasteiger partial charge is 0.148 e. The Balaban J connectivity index is 1.87. The van der Waals surface area contributed by atoms with E-state index < -0.39 is 0 Å². The van der Waals surface area contributed by atoms with Gasteiger partial charge >= 0.3 is 0 Å². The third kappa shape index (κ3) is 3.10. The van der Waals surface area contributed by atoms with Crippen LogP contribution in [-0.4, -0.2) is 5.75 Å². The van der Waals surface area contributed by atoms with Gasteiger partial charge in [0.25, 0.3) is 0 Å². The Labute approximate surface area is 147 Å². The molecule has 0 atom stereocenters. The standard InChI is InChI=1S/C22H18OS/c1-3-10-18(11-4-1)21(23-19-12-5-2-6-13-19)22-20-14-8-7-9-17(20)15-16-24-22/h1-14H,15-16H2/b22-21+. The van der Waals surface area contributed by atoms with E-state index in [-0.39, 0.29) is 0 Å². The van der Waals surface area contributed by atoms with Crippen LogP contribution in [0.25, 0.3) is 10.7 Å². The van der Waals surface area contributed by atoms with Crippen LogP contribution in [0.2, 0.25) is 0 Å². The predicted molar refractivity (Wildman–Crippen MR) is 103 cm³/mol. The Morgan fingerprint density at radius 2 is 1.42 bits per heavy atom. The van der Waals surface area contributed by atoms with Crippen molar-refractivity contribution in [1.82, 2.24) is 0 Å². The zero-order valence-corrected chi connectivity index (χ0v) is 14.1. The highest BCUT2D eigenvalue weighted by atomic mass is 32.2. The van der Waals surface area contributed by atoms with E-state index in [1.54, 1.807) is 0 Å². The third-order valence-corrected chi connectivity index (χ3v) is 5.19. The Morgan fingerprint density at radius 1 is 0.750 bits per heavy atom. The molecular weight excluding hydrogens is 312 g/mol. The molecule has 2 heteroatoms. The molecule has 1 aliphatic rings. The zero-order valence-electron chi connectivity index (χ0n) is 13.3. The van der Waals surface area contributed by atoms with Crippen LogP contribution < -0.4 is 4.74 Å². The SMILES string of the molecule is c1ccc(O/C(=C2/SCCc3ccccc32)c2ccccc2)cc1. The first-order chi connectivity index (χ1) is 11.9. The molecule has 3 aromatic rings. The minimum atomic E-state index is 0.868. The second-order valence-electron chi connectivity index (χ2n) is 5.69. The molecule has 1 nitrogen and oxygen atoms in total. The number of ether oxygens (including phenoxy) is 1. The van der Waals surface area contributed by atoms with Gasteiger partial charge in [0.15, 0.2) is 0 Å². The molecule has 0 aromatic heterocycles. The maximum Gasteiger partial charge on any atom is 0.148 e. The van der Waals surface area contributed by atoms with Crippen LogP contribution in [0.3, 0.4) is 0 Å². The highest BCUT2D eigenvalue weighted by Crippen LogP contribution is 2.41. The summed E-state index contributed by atoms with van der Waals surface area (Å²) in [5, 5.41) is 0. The van der Waals surface area contributed by atoms with Crippen molar-refractivity contribution >= 4 is 22.4 Å². The molecule has 0 radical (unpaired) electrons. The van der Waals surface area contributed by atoms with E-state index in [4.69, 9.17) is 4.74 Å². The van der Waals surface area contributed by atoms with Gasteiger partial charge in [-0.15, -0.1) is 11.8 Å². The molecule has 0 bridgehead atoms. The minimum absolute atomic E-state index is 0.868. The lowest BCUT2D eigenvalue weighted by atomic mass is 10.0. The van der Waals surface area contributed by atoms with Gasteiger partial charge < -0.3 is 4.74 Å². The van der Waals surface area contributed by atoms with Crippen molar-refractivity contribution in [1.29, 1.82) is 0 Å². The second kappa shape index (κ2) is 6.98. The topological polar surface area (TPSA) is 9.23 Å². The fraction of sp³-hybridized carbons (Fsp3) is 0.0909. The fourth-order valence-electron chi connectivity index (χ4n) is 2.92. The summed E-state index contributed by atoms with van der Waals surface area (Å²) in [7, 11) is 0. The van der Waals surface area contributed by atoms with Crippen LogP contribution >= 0.6 is 11.8 Å². The molecule has 1 aliphatic heterocycles. The molecule has 0 fully saturated rings. The molecule has 3 aromatic carbocycles. The van der Waals surface area contributed by atoms with Gasteiger partial charge in [-0.2, -0.15) is 0 Å². The van der Waals surface area contributed by atoms with Crippen LogP contribution in [0.1, 0.15) is 16.7 Å². The number of hydrogen-bond acceptors (Lipinski definition) is 2. The Morgan fingerprint density at radius 3 is 2.21 bits per heavy atom. The quantitative estimate of drug-likeness (QED) is 0.555. The van der Waals surface area contributed by atoms with Crippen molar-refractivity contribution in [2.24, 2.45) is 0 Å². The first-order valence-electron chi connectivity index (χ1n) is 8.15. The summed E-state index contributed by atoms with van der Waals surface area (Å²) in [6.45, 7) is 0. The Bertz CT molecular complexity index is 853. The Kier molecular flexibility index (Phi) is 4.39. The lowest BCUT2D eigenvalue weighted by molar-refractivity contribution is 0.517. The van der Waals surface area contributed by atoms with Gasteiger partial charge in [0.05, 0.1) is 4.91 Å². The van der Waals surface area contributed by atoms with Crippen molar-refractivity contribution in [3.8, 4) is 5.75 Å². The van der Waals surface area contributed by atoms with Gasteiger partial charge in [-0.3, -0.25) is 0 Å². The van der Waals surface area contributed by atoms with Crippen LogP contribution in [-0.2, 0) is 6.42 Å². The largest absolute Gasteiger partial charge is 0.456 e. The predicted octanol–water partition coefficient (Wildman–Crippen LogP) is 5.88. The van der Waals surface area contributed by atoms with E-state index in [0.29, 0.717) is 0 Å². The van der Waals surface area contributed by atoms with Crippen molar-refractivity contribution in [2.45, 2.75) is 6.42 Å². The Hall–Kier alpha value is -2.45. The molecule has 4 rings (SSSR count). The van der Waals surface area contributed by atoms with E-state index >= 15 is 0 Å². The summed E-state index contributed by atoms with van der Waals surface area (Å²) in [6.07, 6.45) is 1.11. The minimum Gasteiger partial charge on any atom is -0.456 e. The van der Waals surface area contributed by atoms with E-state index in [1.807, 2.05) is 48.2 Å². The number of benzene rings is 3. The van der Waals surface area contributed by atoms with E-state index in [9.17, 15) is 0 Å². The number of thioether (sulfide) groups is 1. The van der Waals surface area contributed by atoms with E-state index in [1.165, 1.54) is 16.0 Å². The summed E-state index contributed by atoms with van der Waals surface area (Å²) < 4.78 is 6.36. The van der Waals surface area contributed by atoms with Crippen molar-refractivity contribution in [3.63, 3.8) is 0 Å². The number of aryl methyl sites for hydroxylation is 1. The highest BCUT2D eigenvalue weighted by Gasteiger charge is 2.20. The van der Waals surface area contributed by atoms with Gasteiger partial charge in [0.2, 0.25) is 0 Å². The maximum atomic E-state index is 6.36. The number of rotatable bonds is 3. The number of para-hydroxylation sites is 1. The normalized spacial score (nSPS) is 15.5. The van der Waals surface area contributed by atoms with Crippen molar-refractivity contribution < 1.29 is 4.74 Å². The van der Waals surface area contributed by atoms with Gasteiger partial charge in [0.1, 0.15) is 11.5 Å². The summed E-state index contributed by atoms with van der Waals surface area (Å²) in [6, 6.07) is 29.1. The van der Waals surface area contributed by atoms with Gasteiger partial charge in [-0.25, -0.2) is 0 Å². The number of hydrogen-bond donors (Lipinski definition) is 0. The maximum absolute atomic E-state index is 6.36. The lowest BCUT2D eigenvalue weighted by Crippen LogP contribution is -2.06. The van der Waals surface area contributed by atoms with Crippen molar-refractivity contribution in [2.75, 3.05) is 5.75 Å². The van der Waals surface area contributed by atoms with E-state index in [0.717, 1.165) is 29.2 Å². The summed E-state index contributed by atoms with van der Waals surface area (Å²) in [5.74, 6) is 2.90. The molecule has 1 heterocycles. The van der Waals surface area contributed by atoms with Crippen LogP contribution in [0.15, 0.2) is 84.9 Å². The second-order valence-corrected chi connectivity index (χ2v) is 6.80. The van der Waals surface area contributed by atoms with Crippen LogP contribution in [0.5, 0.6) is 5.75 Å². The molecule has 0 saturated heterocycles. The number of fused-ring (bicyclic) bond motifs is 1. The van der Waals surface area contributed by atoms with Gasteiger partial charge in [-0.05, 0) is 29.7 Å². The summed E-state index contributed by atoms with van der Waals surface area (Å²) in [4.78, 5) is 1.23. The average Bonchev–Trinajstić information content (AvgIpc) is 2.67. The highest BCUT2D eigenvalue weighted by molar-refractivity contribution is 8.08. The van der Waals surface area contributed by atoms with E-state index in [2.05, 4.69) is 48.5 Å². The molecule has 0 N–H and O–H groups in total. The van der Waals surface area contributed by atoms with Crippen molar-refractivity contribution in [3.05, 3.63) is 102 Å².